The Morgan fingerprint density at radius 2 is 1.76 bits per heavy atom. The second-order valence-electron chi connectivity index (χ2n) is 4.55. The molecule has 0 radical (unpaired) electrons. The van der Waals surface area contributed by atoms with Crippen molar-refractivity contribution in [2.45, 2.75) is 19.1 Å². The molecule has 112 valence electrons. The maximum atomic E-state index is 13.3. The topological polar surface area (TPSA) is 24.9 Å². The van der Waals surface area contributed by atoms with Crippen molar-refractivity contribution in [3.05, 3.63) is 65.2 Å². The normalized spacial score (nSPS) is 13.2. The molecule has 0 saturated heterocycles. The first kappa shape index (κ1) is 15.4. The van der Waals surface area contributed by atoms with Gasteiger partial charge in [-0.25, -0.2) is 4.39 Å². The van der Waals surface area contributed by atoms with Crippen LogP contribution in [0.1, 0.15) is 29.7 Å². The SMILES string of the molecule is CCNC(c1ccc(C(F)(F)F)cc1)c1cncc(F)c1. The zero-order valence-electron chi connectivity index (χ0n) is 11.3. The number of nitrogens with zero attached hydrogens (tertiary/aromatic N) is 1. The standard InChI is InChI=1S/C15H14F4N2/c1-2-21-14(11-7-13(16)9-20-8-11)10-3-5-12(6-4-10)15(17,18)19/h3-9,14,21H,2H2,1H3. The van der Waals surface area contributed by atoms with Gasteiger partial charge in [-0.2, -0.15) is 13.2 Å². The lowest BCUT2D eigenvalue weighted by Gasteiger charge is -2.19. The summed E-state index contributed by atoms with van der Waals surface area (Å²) in [5.41, 5.74) is 0.479. The molecule has 0 spiro atoms. The molecule has 0 amide bonds. The van der Waals surface area contributed by atoms with E-state index >= 15 is 0 Å². The number of hydrogen-bond acceptors (Lipinski definition) is 2. The predicted molar refractivity (Wildman–Crippen MR) is 71.2 cm³/mol. The number of aromatic nitrogens is 1. The van der Waals surface area contributed by atoms with Crippen LogP contribution >= 0.6 is 0 Å². The zero-order valence-corrected chi connectivity index (χ0v) is 11.3. The minimum absolute atomic E-state index is 0.402. The summed E-state index contributed by atoms with van der Waals surface area (Å²) in [7, 11) is 0. The maximum Gasteiger partial charge on any atom is 0.416 e. The highest BCUT2D eigenvalue weighted by atomic mass is 19.4. The van der Waals surface area contributed by atoms with E-state index in [-0.39, 0.29) is 0 Å². The van der Waals surface area contributed by atoms with E-state index in [9.17, 15) is 17.6 Å². The van der Waals surface area contributed by atoms with E-state index in [4.69, 9.17) is 0 Å². The largest absolute Gasteiger partial charge is 0.416 e. The molecular weight excluding hydrogens is 284 g/mol. The first-order valence-electron chi connectivity index (χ1n) is 6.43. The van der Waals surface area contributed by atoms with Gasteiger partial charge in [0, 0.05) is 6.20 Å². The molecule has 1 atom stereocenters. The average Bonchev–Trinajstić information content (AvgIpc) is 2.44. The van der Waals surface area contributed by atoms with E-state index in [0.717, 1.165) is 18.3 Å². The van der Waals surface area contributed by atoms with Crippen LogP contribution in [-0.4, -0.2) is 11.5 Å². The summed E-state index contributed by atoms with van der Waals surface area (Å²) in [6.07, 6.45) is -1.79. The van der Waals surface area contributed by atoms with Crippen molar-refractivity contribution in [2.75, 3.05) is 6.54 Å². The van der Waals surface area contributed by atoms with Gasteiger partial charge in [-0.05, 0) is 35.9 Å². The van der Waals surface area contributed by atoms with Gasteiger partial charge in [0.25, 0.3) is 0 Å². The molecule has 1 aromatic carbocycles. The van der Waals surface area contributed by atoms with Crippen LogP contribution in [0.2, 0.25) is 0 Å². The fraction of sp³-hybridized carbons (Fsp3) is 0.267. The Kier molecular flexibility index (Phi) is 4.57. The van der Waals surface area contributed by atoms with E-state index in [2.05, 4.69) is 10.3 Å². The van der Waals surface area contributed by atoms with E-state index < -0.39 is 23.6 Å². The third kappa shape index (κ3) is 3.78. The van der Waals surface area contributed by atoms with Gasteiger partial charge in [0.1, 0.15) is 5.82 Å². The minimum Gasteiger partial charge on any atom is -0.306 e. The van der Waals surface area contributed by atoms with E-state index in [1.165, 1.54) is 24.4 Å². The monoisotopic (exact) mass is 298 g/mol. The van der Waals surface area contributed by atoms with Gasteiger partial charge >= 0.3 is 6.18 Å². The fourth-order valence-corrected chi connectivity index (χ4v) is 2.08. The van der Waals surface area contributed by atoms with Crippen molar-refractivity contribution in [3.63, 3.8) is 0 Å². The average molecular weight is 298 g/mol. The lowest BCUT2D eigenvalue weighted by molar-refractivity contribution is -0.137. The first-order valence-corrected chi connectivity index (χ1v) is 6.43. The van der Waals surface area contributed by atoms with E-state index in [0.29, 0.717) is 17.7 Å². The van der Waals surface area contributed by atoms with Crippen molar-refractivity contribution < 1.29 is 17.6 Å². The number of halogens is 4. The third-order valence-electron chi connectivity index (χ3n) is 3.04. The Balaban J connectivity index is 2.34. The number of benzene rings is 1. The highest BCUT2D eigenvalue weighted by Crippen LogP contribution is 2.31. The zero-order chi connectivity index (χ0) is 15.5. The molecule has 0 aliphatic carbocycles. The van der Waals surface area contributed by atoms with Gasteiger partial charge in [-0.15, -0.1) is 0 Å². The molecule has 1 unspecified atom stereocenters. The summed E-state index contributed by atoms with van der Waals surface area (Å²) in [5.74, 6) is -0.484. The van der Waals surface area contributed by atoms with Crippen LogP contribution in [-0.2, 0) is 6.18 Å². The fourth-order valence-electron chi connectivity index (χ4n) is 2.08. The third-order valence-corrected chi connectivity index (χ3v) is 3.04. The van der Waals surface area contributed by atoms with Gasteiger partial charge in [-0.1, -0.05) is 19.1 Å². The van der Waals surface area contributed by atoms with Crippen molar-refractivity contribution in [1.29, 1.82) is 0 Å². The van der Waals surface area contributed by atoms with E-state index in [1.807, 2.05) is 6.92 Å². The lowest BCUT2D eigenvalue weighted by atomic mass is 9.99. The van der Waals surface area contributed by atoms with Gasteiger partial charge in [0.2, 0.25) is 0 Å². The highest BCUT2D eigenvalue weighted by Gasteiger charge is 2.30. The Labute approximate surface area is 119 Å². The number of nitrogens with one attached hydrogen (secondary N) is 1. The number of pyridine rings is 1. The number of rotatable bonds is 4. The molecule has 2 nitrogen and oxygen atoms in total. The van der Waals surface area contributed by atoms with Gasteiger partial charge in [0.05, 0.1) is 17.8 Å². The van der Waals surface area contributed by atoms with Crippen LogP contribution in [0, 0.1) is 5.82 Å². The molecule has 0 bridgehead atoms. The Hall–Kier alpha value is -1.95. The number of hydrogen-bond donors (Lipinski definition) is 1. The molecule has 1 N–H and O–H groups in total. The predicted octanol–water partition coefficient (Wildman–Crippen LogP) is 3.94. The Bertz CT molecular complexity index is 593. The van der Waals surface area contributed by atoms with Gasteiger partial charge in [-0.3, -0.25) is 4.98 Å². The molecule has 2 aromatic rings. The van der Waals surface area contributed by atoms with Gasteiger partial charge < -0.3 is 5.32 Å². The van der Waals surface area contributed by atoms with Crippen LogP contribution in [0.4, 0.5) is 17.6 Å². The second-order valence-corrected chi connectivity index (χ2v) is 4.55. The highest BCUT2D eigenvalue weighted by molar-refractivity contribution is 5.33. The summed E-state index contributed by atoms with van der Waals surface area (Å²) in [6.45, 7) is 2.45. The van der Waals surface area contributed by atoms with Crippen LogP contribution in [0.3, 0.4) is 0 Å². The Morgan fingerprint density at radius 1 is 1.10 bits per heavy atom. The summed E-state index contributed by atoms with van der Waals surface area (Å²) >= 11 is 0. The molecule has 2 rings (SSSR count). The van der Waals surface area contributed by atoms with Crippen molar-refractivity contribution in [1.82, 2.24) is 10.3 Å². The Morgan fingerprint density at radius 3 is 2.29 bits per heavy atom. The maximum absolute atomic E-state index is 13.3. The van der Waals surface area contributed by atoms with Crippen LogP contribution < -0.4 is 5.32 Å². The van der Waals surface area contributed by atoms with Crippen LogP contribution in [0.25, 0.3) is 0 Å². The summed E-state index contributed by atoms with van der Waals surface area (Å²) < 4.78 is 51.0. The second kappa shape index (κ2) is 6.22. The molecule has 0 fully saturated rings. The van der Waals surface area contributed by atoms with Crippen LogP contribution in [0.5, 0.6) is 0 Å². The molecule has 0 aliphatic heterocycles. The summed E-state index contributed by atoms with van der Waals surface area (Å²) in [4.78, 5) is 3.77. The quantitative estimate of drug-likeness (QED) is 0.865. The molecule has 1 heterocycles. The van der Waals surface area contributed by atoms with E-state index in [1.54, 1.807) is 0 Å². The molecule has 6 heteroatoms. The summed E-state index contributed by atoms with van der Waals surface area (Å²) in [6, 6.07) is 5.74. The summed E-state index contributed by atoms with van der Waals surface area (Å²) in [5, 5.41) is 3.11. The number of alkyl halides is 3. The molecule has 21 heavy (non-hydrogen) atoms. The van der Waals surface area contributed by atoms with Crippen molar-refractivity contribution in [2.24, 2.45) is 0 Å². The van der Waals surface area contributed by atoms with Crippen LogP contribution in [0.15, 0.2) is 42.7 Å². The lowest BCUT2D eigenvalue weighted by Crippen LogP contribution is -2.22. The van der Waals surface area contributed by atoms with Crippen molar-refractivity contribution in [3.8, 4) is 0 Å². The molecule has 0 saturated carbocycles. The van der Waals surface area contributed by atoms with Gasteiger partial charge in [0.15, 0.2) is 0 Å². The first-order chi connectivity index (χ1) is 9.91. The molecule has 1 aromatic heterocycles. The molecule has 0 aliphatic rings. The minimum atomic E-state index is -4.37. The molecular formula is C15H14F4N2. The smallest absolute Gasteiger partial charge is 0.306 e. The van der Waals surface area contributed by atoms with Crippen molar-refractivity contribution >= 4 is 0 Å².